The van der Waals surface area contributed by atoms with Gasteiger partial charge in [-0.1, -0.05) is 11.3 Å². The average molecular weight is 608 g/mol. The molecule has 2 fully saturated rings. The first-order chi connectivity index (χ1) is 19.9. The van der Waals surface area contributed by atoms with E-state index in [1.165, 1.54) is 17.3 Å². The van der Waals surface area contributed by atoms with Crippen LogP contribution in [0.15, 0.2) is 30.6 Å². The molecule has 0 bridgehead atoms. The number of hydrogen-bond donors (Lipinski definition) is 2. The molecule has 4 heterocycles. The lowest BCUT2D eigenvalue weighted by atomic mass is 10.1. The number of nitrogens with one attached hydrogen (secondary N) is 1. The number of aromatic nitrogens is 3. The minimum absolute atomic E-state index is 0.00727. The van der Waals surface area contributed by atoms with Crippen molar-refractivity contribution in [3.05, 3.63) is 52.5 Å². The third-order valence-electron chi connectivity index (χ3n) is 7.52. The number of halogens is 4. The second-order valence-corrected chi connectivity index (χ2v) is 11.5. The van der Waals surface area contributed by atoms with Crippen LogP contribution in [0.25, 0.3) is 11.3 Å². The lowest BCUT2D eigenvalue weighted by molar-refractivity contribution is -0.137. The Hall–Kier alpha value is -3.85. The SMILES string of the molecule is C[C@@H]1CCCN1Cc1sc(NC(=O)c2cnc(N3CCN(C(=O)O)C[C@@H]3C)cn2)nc1-c1cc(F)cc(C(F)(F)F)c1. The summed E-state index contributed by atoms with van der Waals surface area (Å²) in [6, 6.07) is 2.43. The quantitative estimate of drug-likeness (QED) is 0.369. The molecule has 0 saturated carbocycles. The molecule has 2 atom stereocenters. The second-order valence-electron chi connectivity index (χ2n) is 10.5. The fourth-order valence-corrected chi connectivity index (χ4v) is 6.26. The first-order valence-electron chi connectivity index (χ1n) is 13.4. The molecule has 0 radical (unpaired) electrons. The standard InChI is InChI=1S/C27H29F4N7O3S/c1-15-4-3-5-36(15)14-21-23(17-8-18(27(29,30)31)10-19(28)9-17)34-25(42-21)35-24(39)20-11-33-22(12-32-20)38-7-6-37(26(40)41)13-16(38)2/h8-12,15-16H,3-7,13-14H2,1-2H3,(H,40,41)(H,34,35,39)/t15-,16+/m1/s1. The lowest BCUT2D eigenvalue weighted by Crippen LogP contribution is -2.53. The molecule has 0 spiro atoms. The van der Waals surface area contributed by atoms with E-state index in [1.807, 2.05) is 11.8 Å². The minimum atomic E-state index is -4.74. The van der Waals surface area contributed by atoms with Crippen LogP contribution >= 0.6 is 11.3 Å². The Bertz CT molecular complexity index is 1470. The highest BCUT2D eigenvalue weighted by Gasteiger charge is 2.33. The molecule has 2 amide bonds. The largest absolute Gasteiger partial charge is 0.465 e. The predicted octanol–water partition coefficient (Wildman–Crippen LogP) is 5.18. The molecule has 2 saturated heterocycles. The Balaban J connectivity index is 1.37. The highest BCUT2D eigenvalue weighted by atomic mass is 32.1. The molecule has 2 aromatic heterocycles. The fourth-order valence-electron chi connectivity index (χ4n) is 5.26. The van der Waals surface area contributed by atoms with Gasteiger partial charge >= 0.3 is 12.3 Å². The van der Waals surface area contributed by atoms with Crippen LogP contribution < -0.4 is 10.2 Å². The van der Waals surface area contributed by atoms with E-state index < -0.39 is 29.6 Å². The van der Waals surface area contributed by atoms with Crippen LogP contribution in [0.2, 0.25) is 0 Å². The van der Waals surface area contributed by atoms with Crippen molar-refractivity contribution in [3.8, 4) is 11.3 Å². The number of piperazine rings is 1. The molecule has 5 rings (SSSR count). The Morgan fingerprint density at radius 3 is 2.50 bits per heavy atom. The normalized spacial score (nSPS) is 19.8. The van der Waals surface area contributed by atoms with Crippen LogP contribution in [-0.4, -0.2) is 80.1 Å². The van der Waals surface area contributed by atoms with Crippen LogP contribution in [0.3, 0.4) is 0 Å². The van der Waals surface area contributed by atoms with Gasteiger partial charge in [-0.25, -0.2) is 24.1 Å². The summed E-state index contributed by atoms with van der Waals surface area (Å²) in [5.41, 5.74) is -0.977. The fraction of sp³-hybridized carbons (Fsp3) is 0.444. The maximum atomic E-state index is 14.3. The van der Waals surface area contributed by atoms with Gasteiger partial charge in [0.25, 0.3) is 5.91 Å². The molecule has 224 valence electrons. The van der Waals surface area contributed by atoms with Gasteiger partial charge in [0, 0.05) is 48.7 Å². The maximum absolute atomic E-state index is 14.3. The van der Waals surface area contributed by atoms with E-state index in [4.69, 9.17) is 0 Å². The molecule has 1 aromatic carbocycles. The van der Waals surface area contributed by atoms with Crippen molar-refractivity contribution in [1.82, 2.24) is 24.8 Å². The predicted molar refractivity (Wildman–Crippen MR) is 148 cm³/mol. The molecule has 2 N–H and O–H groups in total. The molecule has 2 aliphatic heterocycles. The molecular weight excluding hydrogens is 578 g/mol. The van der Waals surface area contributed by atoms with E-state index in [0.29, 0.717) is 42.9 Å². The van der Waals surface area contributed by atoms with Crippen LogP contribution in [0.1, 0.15) is 47.6 Å². The van der Waals surface area contributed by atoms with Crippen molar-refractivity contribution < 1.29 is 32.3 Å². The summed E-state index contributed by atoms with van der Waals surface area (Å²) in [5.74, 6) is -1.16. The number of carboxylic acid groups (broad SMARTS) is 1. The molecule has 10 nitrogen and oxygen atoms in total. The molecule has 2 aliphatic rings. The Labute approximate surface area is 243 Å². The number of alkyl halides is 3. The number of thiazole rings is 1. The lowest BCUT2D eigenvalue weighted by Gasteiger charge is -2.39. The van der Waals surface area contributed by atoms with E-state index in [2.05, 4.69) is 32.1 Å². The van der Waals surface area contributed by atoms with E-state index in [1.54, 1.807) is 0 Å². The highest BCUT2D eigenvalue weighted by molar-refractivity contribution is 7.16. The van der Waals surface area contributed by atoms with Gasteiger partial charge in [0.05, 0.1) is 23.7 Å². The summed E-state index contributed by atoms with van der Waals surface area (Å²) in [6.07, 6.45) is -1.02. The summed E-state index contributed by atoms with van der Waals surface area (Å²) in [5, 5.41) is 12.0. The number of rotatable bonds is 6. The summed E-state index contributed by atoms with van der Waals surface area (Å²) >= 11 is 1.12. The number of anilines is 2. The van der Waals surface area contributed by atoms with Gasteiger partial charge in [-0.2, -0.15) is 13.2 Å². The zero-order valence-electron chi connectivity index (χ0n) is 22.9. The number of nitrogens with zero attached hydrogens (tertiary/aromatic N) is 6. The molecule has 42 heavy (non-hydrogen) atoms. The van der Waals surface area contributed by atoms with Gasteiger partial charge in [0.1, 0.15) is 17.3 Å². The van der Waals surface area contributed by atoms with E-state index in [-0.39, 0.29) is 34.2 Å². The zero-order chi connectivity index (χ0) is 30.2. The molecule has 0 aliphatic carbocycles. The number of benzene rings is 1. The van der Waals surface area contributed by atoms with E-state index in [0.717, 1.165) is 42.9 Å². The Morgan fingerprint density at radius 1 is 1.10 bits per heavy atom. The van der Waals surface area contributed by atoms with Gasteiger partial charge in [-0.05, 0) is 51.4 Å². The van der Waals surface area contributed by atoms with Crippen molar-refractivity contribution in [2.45, 2.75) is 51.5 Å². The van der Waals surface area contributed by atoms with Crippen LogP contribution in [0.5, 0.6) is 0 Å². The van der Waals surface area contributed by atoms with E-state index >= 15 is 0 Å². The Kier molecular flexibility index (Phi) is 8.32. The summed E-state index contributed by atoms with van der Waals surface area (Å²) < 4.78 is 54.6. The minimum Gasteiger partial charge on any atom is -0.465 e. The van der Waals surface area contributed by atoms with Crippen molar-refractivity contribution in [2.24, 2.45) is 0 Å². The topological polar surface area (TPSA) is 115 Å². The van der Waals surface area contributed by atoms with Crippen molar-refractivity contribution in [2.75, 3.05) is 36.4 Å². The Morgan fingerprint density at radius 2 is 1.88 bits per heavy atom. The zero-order valence-corrected chi connectivity index (χ0v) is 23.7. The third-order valence-corrected chi connectivity index (χ3v) is 8.47. The third kappa shape index (κ3) is 6.46. The summed E-state index contributed by atoms with van der Waals surface area (Å²) in [7, 11) is 0. The summed E-state index contributed by atoms with van der Waals surface area (Å²) in [4.78, 5) is 43.3. The van der Waals surface area contributed by atoms with Crippen LogP contribution in [0.4, 0.5) is 33.3 Å². The second kappa shape index (κ2) is 11.8. The molecule has 3 aromatic rings. The number of amides is 2. The number of likely N-dealkylation sites (tertiary alicyclic amines) is 1. The molecule has 0 unspecified atom stereocenters. The van der Waals surface area contributed by atoms with Gasteiger partial charge in [-0.3, -0.25) is 15.0 Å². The average Bonchev–Trinajstić information content (AvgIpc) is 3.53. The van der Waals surface area contributed by atoms with Crippen molar-refractivity contribution >= 4 is 34.3 Å². The summed E-state index contributed by atoms with van der Waals surface area (Å²) in [6.45, 7) is 6.17. The van der Waals surface area contributed by atoms with Crippen LogP contribution in [-0.2, 0) is 12.7 Å². The smallest absolute Gasteiger partial charge is 0.416 e. The maximum Gasteiger partial charge on any atom is 0.416 e. The van der Waals surface area contributed by atoms with Gasteiger partial charge in [-0.15, -0.1) is 0 Å². The van der Waals surface area contributed by atoms with Gasteiger partial charge < -0.3 is 14.9 Å². The van der Waals surface area contributed by atoms with Crippen LogP contribution in [0, 0.1) is 5.82 Å². The molecular formula is C27H29F4N7O3S. The van der Waals surface area contributed by atoms with Gasteiger partial charge in [0.2, 0.25) is 0 Å². The first kappa shape index (κ1) is 29.6. The monoisotopic (exact) mass is 607 g/mol. The number of carbonyl (C=O) groups excluding carboxylic acids is 1. The highest BCUT2D eigenvalue weighted by Crippen LogP contribution is 2.38. The van der Waals surface area contributed by atoms with Crippen molar-refractivity contribution in [3.63, 3.8) is 0 Å². The number of hydrogen-bond acceptors (Lipinski definition) is 8. The van der Waals surface area contributed by atoms with Gasteiger partial charge in [0.15, 0.2) is 5.13 Å². The van der Waals surface area contributed by atoms with E-state index in [9.17, 15) is 32.3 Å². The van der Waals surface area contributed by atoms with Crippen molar-refractivity contribution in [1.29, 1.82) is 0 Å². The number of carbonyl (C=O) groups is 2. The molecule has 15 heteroatoms. The first-order valence-corrected chi connectivity index (χ1v) is 14.2.